The monoisotopic (exact) mass is 354 g/mol. The van der Waals surface area contributed by atoms with E-state index in [-0.39, 0.29) is 11.9 Å². The number of hydrogen-bond donors (Lipinski definition) is 3. The van der Waals surface area contributed by atoms with Crippen LogP contribution >= 0.6 is 0 Å². The van der Waals surface area contributed by atoms with Crippen LogP contribution in [0, 0.1) is 5.92 Å². The van der Waals surface area contributed by atoms with Gasteiger partial charge in [-0.15, -0.1) is 0 Å². The lowest BCUT2D eigenvalue weighted by atomic mass is 9.94. The number of imide groups is 1. The van der Waals surface area contributed by atoms with Crippen molar-refractivity contribution < 1.29 is 9.59 Å². The normalized spacial score (nSPS) is 23.6. The third-order valence-electron chi connectivity index (χ3n) is 5.60. The number of aromatic nitrogens is 1. The minimum absolute atomic E-state index is 0.0953. The van der Waals surface area contributed by atoms with Crippen molar-refractivity contribution in [2.24, 2.45) is 5.92 Å². The van der Waals surface area contributed by atoms with Crippen LogP contribution in [0.3, 0.4) is 0 Å². The van der Waals surface area contributed by atoms with Gasteiger partial charge >= 0.3 is 6.03 Å². The summed E-state index contributed by atoms with van der Waals surface area (Å²) in [5, 5.41) is 7.38. The first-order valence-corrected chi connectivity index (χ1v) is 9.60. The minimum atomic E-state index is -0.460. The lowest BCUT2D eigenvalue weighted by Gasteiger charge is -2.23. The zero-order valence-electron chi connectivity index (χ0n) is 15.0. The fourth-order valence-electron chi connectivity index (χ4n) is 4.16. The van der Waals surface area contributed by atoms with Gasteiger partial charge in [-0.2, -0.15) is 0 Å². The van der Waals surface area contributed by atoms with Gasteiger partial charge in [0.25, 0.3) is 5.91 Å². The minimum Gasteiger partial charge on any atom is -0.361 e. The molecule has 0 saturated carbocycles. The molecule has 4 rings (SSSR count). The number of carbonyl (C=O) groups is 2. The first kappa shape index (κ1) is 17.1. The van der Waals surface area contributed by atoms with Crippen molar-refractivity contribution >= 4 is 22.8 Å². The topological polar surface area (TPSA) is 77.2 Å². The molecule has 0 radical (unpaired) electrons. The van der Waals surface area contributed by atoms with Crippen molar-refractivity contribution in [3.8, 4) is 0 Å². The summed E-state index contributed by atoms with van der Waals surface area (Å²) >= 11 is 0. The van der Waals surface area contributed by atoms with E-state index >= 15 is 0 Å². The number of aromatic amines is 1. The summed E-state index contributed by atoms with van der Waals surface area (Å²) in [5.74, 6) is 0.577. The molecule has 6 nitrogen and oxygen atoms in total. The van der Waals surface area contributed by atoms with Crippen molar-refractivity contribution in [3.05, 3.63) is 36.0 Å². The number of urea groups is 1. The fourth-order valence-corrected chi connectivity index (χ4v) is 4.16. The van der Waals surface area contributed by atoms with E-state index in [2.05, 4.69) is 15.6 Å². The predicted molar refractivity (Wildman–Crippen MR) is 101 cm³/mol. The molecule has 0 bridgehead atoms. The van der Waals surface area contributed by atoms with Crippen molar-refractivity contribution in [2.45, 2.75) is 38.1 Å². The van der Waals surface area contributed by atoms with Gasteiger partial charge in [0.15, 0.2) is 0 Å². The van der Waals surface area contributed by atoms with Gasteiger partial charge in [0.05, 0.1) is 0 Å². The first-order valence-electron chi connectivity index (χ1n) is 9.60. The van der Waals surface area contributed by atoms with Crippen LogP contribution in [0.5, 0.6) is 0 Å². The number of nitrogens with zero attached hydrogens (tertiary/aromatic N) is 1. The molecule has 2 unspecified atom stereocenters. The predicted octanol–water partition coefficient (Wildman–Crippen LogP) is 2.41. The molecular weight excluding hydrogens is 328 g/mol. The van der Waals surface area contributed by atoms with E-state index in [0.29, 0.717) is 18.9 Å². The van der Waals surface area contributed by atoms with Gasteiger partial charge < -0.3 is 15.6 Å². The molecule has 2 aliphatic heterocycles. The van der Waals surface area contributed by atoms with Gasteiger partial charge in [-0.25, -0.2) is 4.79 Å². The molecule has 26 heavy (non-hydrogen) atoms. The number of hydrogen-bond acceptors (Lipinski definition) is 3. The van der Waals surface area contributed by atoms with Crippen LogP contribution in [0.4, 0.5) is 4.79 Å². The third-order valence-corrected chi connectivity index (χ3v) is 5.60. The second-order valence-electron chi connectivity index (χ2n) is 7.41. The molecule has 0 spiro atoms. The zero-order valence-corrected chi connectivity index (χ0v) is 15.0. The fraction of sp³-hybridized carbons (Fsp3) is 0.500. The number of benzene rings is 1. The Morgan fingerprint density at radius 3 is 2.92 bits per heavy atom. The molecule has 138 valence electrons. The van der Waals surface area contributed by atoms with Crippen LogP contribution in [0.1, 0.15) is 31.2 Å². The molecule has 6 heteroatoms. The van der Waals surface area contributed by atoms with Gasteiger partial charge in [-0.1, -0.05) is 18.2 Å². The Bertz CT molecular complexity index is 794. The van der Waals surface area contributed by atoms with Crippen LogP contribution in [0.25, 0.3) is 10.9 Å². The van der Waals surface area contributed by atoms with Crippen LogP contribution < -0.4 is 10.6 Å². The van der Waals surface area contributed by atoms with E-state index < -0.39 is 6.04 Å². The van der Waals surface area contributed by atoms with Crippen LogP contribution in [0.2, 0.25) is 0 Å². The Balaban J connectivity index is 1.34. The average Bonchev–Trinajstić information content (AvgIpc) is 3.19. The number of rotatable bonds is 6. The van der Waals surface area contributed by atoms with Crippen LogP contribution in [-0.2, 0) is 11.2 Å². The maximum Gasteiger partial charge on any atom is 0.324 e. The Kier molecular flexibility index (Phi) is 4.93. The molecule has 1 aromatic carbocycles. The molecule has 2 aromatic rings. The zero-order chi connectivity index (χ0) is 17.9. The highest BCUT2D eigenvalue weighted by Crippen LogP contribution is 2.22. The van der Waals surface area contributed by atoms with Crippen molar-refractivity contribution in [2.75, 3.05) is 19.6 Å². The Labute approximate surface area is 153 Å². The van der Waals surface area contributed by atoms with E-state index in [0.717, 1.165) is 42.4 Å². The van der Waals surface area contributed by atoms with Gasteiger partial charge in [-0.05, 0) is 56.3 Å². The number of amides is 3. The Morgan fingerprint density at radius 1 is 1.19 bits per heavy atom. The SMILES string of the molecule is O=C1NC(Cc2c[nH]c3ccccc23)C(=O)N1CCCC1CCCNC1. The molecule has 3 N–H and O–H groups in total. The summed E-state index contributed by atoms with van der Waals surface area (Å²) in [6.45, 7) is 2.69. The molecular formula is C20H26N4O2. The second-order valence-corrected chi connectivity index (χ2v) is 7.41. The van der Waals surface area contributed by atoms with E-state index in [4.69, 9.17) is 0 Å². The van der Waals surface area contributed by atoms with E-state index in [9.17, 15) is 9.59 Å². The highest BCUT2D eigenvalue weighted by Gasteiger charge is 2.37. The van der Waals surface area contributed by atoms with Crippen molar-refractivity contribution in [1.29, 1.82) is 0 Å². The molecule has 1 aromatic heterocycles. The highest BCUT2D eigenvalue weighted by molar-refractivity contribution is 6.04. The number of carbonyl (C=O) groups excluding carboxylic acids is 2. The van der Waals surface area contributed by atoms with Crippen molar-refractivity contribution in [1.82, 2.24) is 20.5 Å². The van der Waals surface area contributed by atoms with Crippen LogP contribution in [0.15, 0.2) is 30.5 Å². The summed E-state index contributed by atoms with van der Waals surface area (Å²) < 4.78 is 0. The summed E-state index contributed by atoms with van der Waals surface area (Å²) in [5.41, 5.74) is 2.12. The lowest BCUT2D eigenvalue weighted by molar-refractivity contribution is -0.127. The quantitative estimate of drug-likeness (QED) is 0.697. The van der Waals surface area contributed by atoms with Gasteiger partial charge in [-0.3, -0.25) is 9.69 Å². The maximum absolute atomic E-state index is 12.7. The number of H-pyrrole nitrogens is 1. The number of para-hydroxylation sites is 1. The van der Waals surface area contributed by atoms with Gasteiger partial charge in [0.2, 0.25) is 0 Å². The molecule has 2 aliphatic rings. The van der Waals surface area contributed by atoms with Gasteiger partial charge in [0, 0.05) is 30.1 Å². The summed E-state index contributed by atoms with van der Waals surface area (Å²) in [7, 11) is 0. The number of fused-ring (bicyclic) bond motifs is 1. The smallest absolute Gasteiger partial charge is 0.324 e. The molecule has 3 heterocycles. The van der Waals surface area contributed by atoms with Crippen LogP contribution in [-0.4, -0.2) is 47.5 Å². The molecule has 0 aliphatic carbocycles. The Hall–Kier alpha value is -2.34. The standard InChI is InChI=1S/C20H26N4O2/c25-19-18(11-15-13-22-17-8-2-1-7-16(15)17)23-20(26)24(19)10-4-6-14-5-3-9-21-12-14/h1-2,7-8,13-14,18,21-22H,3-6,9-12H2,(H,23,26). The highest BCUT2D eigenvalue weighted by atomic mass is 16.2. The van der Waals surface area contributed by atoms with Gasteiger partial charge in [0.1, 0.15) is 6.04 Å². The van der Waals surface area contributed by atoms with Crippen molar-refractivity contribution in [3.63, 3.8) is 0 Å². The molecule has 2 fully saturated rings. The Morgan fingerprint density at radius 2 is 2.08 bits per heavy atom. The van der Waals surface area contributed by atoms with E-state index in [1.54, 1.807) is 0 Å². The summed E-state index contributed by atoms with van der Waals surface area (Å²) in [6.07, 6.45) is 6.87. The van der Waals surface area contributed by atoms with E-state index in [1.807, 2.05) is 30.5 Å². The average molecular weight is 354 g/mol. The largest absolute Gasteiger partial charge is 0.361 e. The number of nitrogens with one attached hydrogen (secondary N) is 3. The maximum atomic E-state index is 12.7. The molecule has 3 amide bonds. The summed E-state index contributed by atoms with van der Waals surface area (Å²) in [6, 6.07) is 7.31. The molecule has 2 atom stereocenters. The third kappa shape index (κ3) is 3.46. The summed E-state index contributed by atoms with van der Waals surface area (Å²) in [4.78, 5) is 29.5. The second kappa shape index (κ2) is 7.50. The number of piperidine rings is 1. The first-order chi connectivity index (χ1) is 12.7. The molecule has 2 saturated heterocycles. The lowest BCUT2D eigenvalue weighted by Crippen LogP contribution is -2.34. The van der Waals surface area contributed by atoms with E-state index in [1.165, 1.54) is 17.7 Å².